The summed E-state index contributed by atoms with van der Waals surface area (Å²) in [6.07, 6.45) is 0. The predicted molar refractivity (Wildman–Crippen MR) is 48.4 cm³/mol. The van der Waals surface area contributed by atoms with Gasteiger partial charge in [0.2, 0.25) is 0 Å². The van der Waals surface area contributed by atoms with Crippen molar-refractivity contribution in [2.45, 2.75) is 6.92 Å². The minimum atomic E-state index is 0.576. The molecule has 0 spiro atoms. The second kappa shape index (κ2) is 5.85. The second-order valence-electron chi connectivity index (χ2n) is 1.09. The van der Waals surface area contributed by atoms with Crippen molar-refractivity contribution < 1.29 is 0 Å². The molecular weight excluding hydrogens is 158 g/mol. The Morgan fingerprint density at radius 1 is 1.62 bits per heavy atom. The molecule has 0 fully saturated rings. The van der Waals surface area contributed by atoms with Crippen molar-refractivity contribution in [2.75, 3.05) is 11.0 Å². The van der Waals surface area contributed by atoms with E-state index in [-0.39, 0.29) is 0 Å². The SMILES string of the molecule is C/C(=N/CS)SCS. The maximum absolute atomic E-state index is 4.01. The zero-order valence-corrected chi connectivity index (χ0v) is 7.27. The van der Waals surface area contributed by atoms with Gasteiger partial charge in [0.1, 0.15) is 0 Å². The van der Waals surface area contributed by atoms with Crippen molar-refractivity contribution in [3.05, 3.63) is 0 Å². The van der Waals surface area contributed by atoms with E-state index in [2.05, 4.69) is 30.2 Å². The van der Waals surface area contributed by atoms with Crippen LogP contribution >= 0.6 is 37.0 Å². The Morgan fingerprint density at radius 3 is 2.62 bits per heavy atom. The van der Waals surface area contributed by atoms with Gasteiger partial charge in [-0.2, -0.15) is 25.3 Å². The zero-order chi connectivity index (χ0) is 6.41. The molecule has 1 nitrogen and oxygen atoms in total. The summed E-state index contributed by atoms with van der Waals surface area (Å²) in [5.41, 5.74) is 0. The monoisotopic (exact) mass is 167 g/mol. The lowest BCUT2D eigenvalue weighted by Gasteiger charge is -1.91. The maximum atomic E-state index is 4.01. The van der Waals surface area contributed by atoms with Crippen LogP contribution in [0.3, 0.4) is 0 Å². The van der Waals surface area contributed by atoms with Crippen LogP contribution in [0.1, 0.15) is 6.92 Å². The number of thioether (sulfide) groups is 1. The smallest absolute Gasteiger partial charge is 0.0824 e. The summed E-state index contributed by atoms with van der Waals surface area (Å²) >= 11 is 9.56. The van der Waals surface area contributed by atoms with Crippen molar-refractivity contribution in [1.82, 2.24) is 0 Å². The minimum Gasteiger partial charge on any atom is -0.273 e. The molecule has 0 unspecified atom stereocenters. The van der Waals surface area contributed by atoms with Crippen LogP contribution in [0.15, 0.2) is 4.99 Å². The van der Waals surface area contributed by atoms with Crippen molar-refractivity contribution in [3.63, 3.8) is 0 Å². The summed E-state index contributed by atoms with van der Waals surface area (Å²) in [5.74, 6) is 0.576. The molecule has 48 valence electrons. The van der Waals surface area contributed by atoms with Gasteiger partial charge in [-0.3, -0.25) is 4.99 Å². The third kappa shape index (κ3) is 4.87. The van der Waals surface area contributed by atoms with Crippen molar-refractivity contribution in [1.29, 1.82) is 0 Å². The number of thiol groups is 2. The molecule has 0 aromatic heterocycles. The predicted octanol–water partition coefficient (Wildman–Crippen LogP) is 1.91. The van der Waals surface area contributed by atoms with Crippen LogP contribution in [0.25, 0.3) is 0 Å². The van der Waals surface area contributed by atoms with E-state index in [4.69, 9.17) is 0 Å². The molecule has 0 aromatic rings. The van der Waals surface area contributed by atoms with Gasteiger partial charge in [0.25, 0.3) is 0 Å². The number of rotatable bonds is 2. The summed E-state index contributed by atoms with van der Waals surface area (Å²) in [5, 5.41) is 1.85. The number of hydrogen-bond donors (Lipinski definition) is 2. The Hall–Kier alpha value is 0.720. The summed E-state index contributed by atoms with van der Waals surface area (Å²) in [7, 11) is 0. The fourth-order valence-corrected chi connectivity index (χ4v) is 1.45. The summed E-state index contributed by atoms with van der Waals surface area (Å²) in [6.45, 7) is 1.96. The molecule has 0 rings (SSSR count). The molecule has 0 aliphatic carbocycles. The summed E-state index contributed by atoms with van der Waals surface area (Å²) in [4.78, 5) is 4.01. The van der Waals surface area contributed by atoms with Crippen LogP contribution in [0.2, 0.25) is 0 Å². The molecule has 0 saturated carbocycles. The standard InChI is InChI=1S/C4H9NS3/c1-4(5-2-6)8-3-7/h6-7H,2-3H2,1H3/b5-4-. The molecule has 0 bridgehead atoms. The van der Waals surface area contributed by atoms with Crippen LogP contribution < -0.4 is 0 Å². The first-order valence-electron chi connectivity index (χ1n) is 2.17. The molecule has 0 amide bonds. The lowest BCUT2D eigenvalue weighted by Crippen LogP contribution is -1.82. The fourth-order valence-electron chi connectivity index (χ4n) is 0.239. The highest BCUT2D eigenvalue weighted by Gasteiger charge is 1.84. The Labute approximate surface area is 65.2 Å². The average Bonchev–Trinajstić information content (AvgIpc) is 1.68. The van der Waals surface area contributed by atoms with Crippen molar-refractivity contribution in [3.8, 4) is 0 Å². The highest BCUT2D eigenvalue weighted by Crippen LogP contribution is 2.04. The van der Waals surface area contributed by atoms with Crippen LogP contribution in [-0.2, 0) is 0 Å². The topological polar surface area (TPSA) is 12.4 Å². The van der Waals surface area contributed by atoms with Gasteiger partial charge in [0.15, 0.2) is 0 Å². The van der Waals surface area contributed by atoms with Crippen LogP contribution in [-0.4, -0.2) is 16.0 Å². The minimum absolute atomic E-state index is 0.576. The van der Waals surface area contributed by atoms with E-state index in [0.717, 1.165) is 10.1 Å². The van der Waals surface area contributed by atoms with E-state index in [9.17, 15) is 0 Å². The van der Waals surface area contributed by atoms with Crippen molar-refractivity contribution in [2.24, 2.45) is 4.99 Å². The molecule has 0 N–H and O–H groups in total. The number of nitrogens with zero attached hydrogens (tertiary/aromatic N) is 1. The molecule has 8 heavy (non-hydrogen) atoms. The lowest BCUT2D eigenvalue weighted by molar-refractivity contribution is 1.39. The van der Waals surface area contributed by atoms with Gasteiger partial charge in [0.05, 0.1) is 10.9 Å². The molecule has 0 atom stereocenters. The van der Waals surface area contributed by atoms with E-state index in [0.29, 0.717) is 5.88 Å². The highest BCUT2D eigenvalue weighted by molar-refractivity contribution is 8.20. The molecule has 4 heteroatoms. The van der Waals surface area contributed by atoms with Gasteiger partial charge in [-0.05, 0) is 6.92 Å². The third-order valence-corrected chi connectivity index (χ3v) is 1.77. The molecular formula is C4H9NS3. The van der Waals surface area contributed by atoms with Gasteiger partial charge in [0, 0.05) is 5.08 Å². The van der Waals surface area contributed by atoms with Crippen LogP contribution in [0.5, 0.6) is 0 Å². The van der Waals surface area contributed by atoms with Crippen molar-refractivity contribution >= 4 is 42.1 Å². The second-order valence-corrected chi connectivity index (χ2v) is 3.29. The van der Waals surface area contributed by atoms with Gasteiger partial charge in [-0.25, -0.2) is 0 Å². The van der Waals surface area contributed by atoms with Gasteiger partial charge < -0.3 is 0 Å². The van der Waals surface area contributed by atoms with Crippen LogP contribution in [0.4, 0.5) is 0 Å². The van der Waals surface area contributed by atoms with Gasteiger partial charge >= 0.3 is 0 Å². The molecule has 0 aromatic carbocycles. The fraction of sp³-hybridized carbons (Fsp3) is 0.750. The Bertz CT molecular complexity index is 81.4. The molecule has 0 aliphatic heterocycles. The Kier molecular flexibility index (Phi) is 6.38. The number of aliphatic imine (C=N–C) groups is 1. The van der Waals surface area contributed by atoms with Gasteiger partial charge in [-0.15, -0.1) is 11.8 Å². The molecule has 0 heterocycles. The maximum Gasteiger partial charge on any atom is 0.0824 e. The van der Waals surface area contributed by atoms with E-state index < -0.39 is 0 Å². The summed E-state index contributed by atoms with van der Waals surface area (Å²) < 4.78 is 0. The third-order valence-electron chi connectivity index (χ3n) is 0.567. The first-order valence-corrected chi connectivity index (χ1v) is 4.42. The van der Waals surface area contributed by atoms with E-state index >= 15 is 0 Å². The molecule has 0 saturated heterocycles. The first-order chi connectivity index (χ1) is 3.81. The van der Waals surface area contributed by atoms with E-state index in [1.807, 2.05) is 6.92 Å². The summed E-state index contributed by atoms with van der Waals surface area (Å²) in [6, 6.07) is 0. The molecule has 0 radical (unpaired) electrons. The number of hydrogen-bond acceptors (Lipinski definition) is 4. The normalized spacial score (nSPS) is 12.1. The quantitative estimate of drug-likeness (QED) is 0.277. The zero-order valence-electron chi connectivity index (χ0n) is 4.66. The molecule has 0 aliphatic rings. The average molecular weight is 167 g/mol. The van der Waals surface area contributed by atoms with Crippen LogP contribution in [0, 0.1) is 0 Å². The van der Waals surface area contributed by atoms with E-state index in [1.54, 1.807) is 11.8 Å². The van der Waals surface area contributed by atoms with Gasteiger partial charge in [-0.1, -0.05) is 0 Å². The Balaban J connectivity index is 3.29. The van der Waals surface area contributed by atoms with E-state index in [1.165, 1.54) is 0 Å². The lowest BCUT2D eigenvalue weighted by atomic mass is 10.9. The Morgan fingerprint density at radius 2 is 2.25 bits per heavy atom. The highest BCUT2D eigenvalue weighted by atomic mass is 32.2. The first kappa shape index (κ1) is 8.72. The largest absolute Gasteiger partial charge is 0.273 e.